The summed E-state index contributed by atoms with van der Waals surface area (Å²) in [5.41, 5.74) is 4.99. The number of nitrogens with one attached hydrogen (secondary N) is 1. The monoisotopic (exact) mass is 518 g/mol. The molecular weight excluding hydrogens is 487 g/mol. The van der Waals surface area contributed by atoms with Gasteiger partial charge in [-0.15, -0.1) is 0 Å². The van der Waals surface area contributed by atoms with Crippen LogP contribution in [0.5, 0.6) is 0 Å². The van der Waals surface area contributed by atoms with E-state index in [0.29, 0.717) is 19.6 Å². The van der Waals surface area contributed by atoms with E-state index in [4.69, 9.17) is 0 Å². The van der Waals surface area contributed by atoms with Crippen LogP contribution >= 0.6 is 0 Å². The molecule has 0 amide bonds. The van der Waals surface area contributed by atoms with Crippen LogP contribution in [0.15, 0.2) is 72.9 Å². The van der Waals surface area contributed by atoms with Crippen LogP contribution in [0.4, 0.5) is 4.39 Å². The van der Waals surface area contributed by atoms with Crippen LogP contribution in [0, 0.1) is 24.6 Å². The van der Waals surface area contributed by atoms with Gasteiger partial charge in [-0.25, -0.2) is 13.8 Å². The van der Waals surface area contributed by atoms with Gasteiger partial charge in [-0.2, -0.15) is 17.8 Å². The molecule has 1 N–H and O–H groups in total. The van der Waals surface area contributed by atoms with Gasteiger partial charge in [0.25, 0.3) is 10.2 Å². The van der Waals surface area contributed by atoms with Crippen molar-refractivity contribution in [2.45, 2.75) is 32.1 Å². The molecule has 0 spiro atoms. The van der Waals surface area contributed by atoms with E-state index in [1.54, 1.807) is 16.4 Å². The van der Waals surface area contributed by atoms with Crippen molar-refractivity contribution in [1.82, 2.24) is 18.8 Å². The smallest absolute Gasteiger partial charge is 0.233 e. The zero-order chi connectivity index (χ0) is 25.9. The molecule has 1 aromatic heterocycles. The minimum atomic E-state index is -3.56. The number of aryl methyl sites for hydroxylation is 1. The molecule has 1 aliphatic heterocycles. The standard InChI is InChI=1S/C29H31FN4O2S/c1-19(2)15-32-37(35,36)33-17-26-28(21-7-5-4-6-8-21)29(26,18-33)25-14-22-16-31-34(27(22)13-20(25)3)24-11-9-23(30)10-12-24/h4-14,16,19,26,28,32H,15,17-18H2,1-3H3/t26-,28-,29+/m1/s1. The van der Waals surface area contributed by atoms with Crippen LogP contribution in [0.25, 0.3) is 16.6 Å². The van der Waals surface area contributed by atoms with Gasteiger partial charge in [0.2, 0.25) is 0 Å². The third kappa shape index (κ3) is 3.98. The van der Waals surface area contributed by atoms with E-state index in [0.717, 1.165) is 22.2 Å². The average molecular weight is 519 g/mol. The predicted octanol–water partition coefficient (Wildman–Crippen LogP) is 4.93. The number of hydrogen-bond acceptors (Lipinski definition) is 3. The zero-order valence-corrected chi connectivity index (χ0v) is 22.0. The van der Waals surface area contributed by atoms with Crippen molar-refractivity contribution >= 4 is 21.1 Å². The first-order valence-corrected chi connectivity index (χ1v) is 14.2. The summed E-state index contributed by atoms with van der Waals surface area (Å²) < 4.78 is 46.1. The van der Waals surface area contributed by atoms with Gasteiger partial charge in [-0.3, -0.25) is 0 Å². The Labute approximate surface area is 217 Å². The average Bonchev–Trinajstić information content (AvgIpc) is 3.15. The second-order valence-corrected chi connectivity index (χ2v) is 12.6. The third-order valence-corrected chi connectivity index (χ3v) is 9.50. The lowest BCUT2D eigenvalue weighted by atomic mass is 9.87. The van der Waals surface area contributed by atoms with Gasteiger partial charge in [-0.05, 0) is 71.8 Å². The second kappa shape index (κ2) is 8.75. The first kappa shape index (κ1) is 24.3. The summed E-state index contributed by atoms with van der Waals surface area (Å²) in [5, 5.41) is 5.57. The van der Waals surface area contributed by atoms with Crippen LogP contribution in [0.1, 0.15) is 36.5 Å². The molecule has 0 radical (unpaired) electrons. The number of nitrogens with zero attached hydrogens (tertiary/aromatic N) is 3. The van der Waals surface area contributed by atoms with Crippen molar-refractivity contribution in [3.8, 4) is 5.69 Å². The van der Waals surface area contributed by atoms with Crippen LogP contribution < -0.4 is 4.72 Å². The maximum atomic E-state index is 13.5. The highest BCUT2D eigenvalue weighted by atomic mass is 32.2. The first-order chi connectivity index (χ1) is 17.7. The summed E-state index contributed by atoms with van der Waals surface area (Å²) in [7, 11) is -3.56. The molecule has 8 heteroatoms. The lowest BCUT2D eigenvalue weighted by Gasteiger charge is -2.26. The van der Waals surface area contributed by atoms with Gasteiger partial charge in [-0.1, -0.05) is 44.2 Å². The Morgan fingerprint density at radius 3 is 2.54 bits per heavy atom. The van der Waals surface area contributed by atoms with Gasteiger partial charge < -0.3 is 0 Å². The molecule has 0 unspecified atom stereocenters. The van der Waals surface area contributed by atoms with Crippen molar-refractivity contribution in [1.29, 1.82) is 0 Å². The topological polar surface area (TPSA) is 67.2 Å². The van der Waals surface area contributed by atoms with E-state index in [2.05, 4.69) is 53.1 Å². The molecule has 6 nitrogen and oxygen atoms in total. The molecule has 1 saturated heterocycles. The van der Waals surface area contributed by atoms with Gasteiger partial charge in [0.15, 0.2) is 0 Å². The Morgan fingerprint density at radius 1 is 1.11 bits per heavy atom. The fourth-order valence-electron chi connectivity index (χ4n) is 6.23. The Balaban J connectivity index is 1.41. The molecule has 3 atom stereocenters. The SMILES string of the molecule is Cc1cc2c(cnn2-c2ccc(F)cc2)cc1[C@@]12CN(S(=O)(=O)NCC(C)C)C[C@@H]1[C@H]2c1ccccc1. The van der Waals surface area contributed by atoms with Crippen LogP contribution in [-0.2, 0) is 15.6 Å². The van der Waals surface area contributed by atoms with E-state index in [9.17, 15) is 12.8 Å². The first-order valence-electron chi connectivity index (χ1n) is 12.7. The molecule has 0 bridgehead atoms. The third-order valence-electron chi connectivity index (χ3n) is 8.01. The van der Waals surface area contributed by atoms with E-state index >= 15 is 0 Å². The minimum Gasteiger partial charge on any atom is -0.233 e. The highest BCUT2D eigenvalue weighted by Crippen LogP contribution is 2.70. The number of hydrogen-bond donors (Lipinski definition) is 1. The minimum absolute atomic E-state index is 0.203. The Morgan fingerprint density at radius 2 is 1.84 bits per heavy atom. The van der Waals surface area contributed by atoms with E-state index in [-0.39, 0.29) is 29.0 Å². The maximum Gasteiger partial charge on any atom is 0.279 e. The number of rotatable bonds is 7. The fraction of sp³-hybridized carbons (Fsp3) is 0.345. The molecule has 2 heterocycles. The van der Waals surface area contributed by atoms with Crippen LogP contribution in [0.2, 0.25) is 0 Å². The van der Waals surface area contributed by atoms with Crippen LogP contribution in [0.3, 0.4) is 0 Å². The van der Waals surface area contributed by atoms with Gasteiger partial charge in [0.1, 0.15) is 5.82 Å². The zero-order valence-electron chi connectivity index (χ0n) is 21.2. The van der Waals surface area contributed by atoms with E-state index in [1.807, 2.05) is 30.8 Å². The van der Waals surface area contributed by atoms with E-state index < -0.39 is 10.2 Å². The molecule has 2 fully saturated rings. The van der Waals surface area contributed by atoms with Crippen LogP contribution in [-0.4, -0.2) is 42.1 Å². The quantitative estimate of drug-likeness (QED) is 0.377. The molecule has 1 aliphatic carbocycles. The Bertz CT molecular complexity index is 1570. The predicted molar refractivity (Wildman–Crippen MR) is 143 cm³/mol. The van der Waals surface area contributed by atoms with Gasteiger partial charge in [0, 0.05) is 36.4 Å². The molecule has 6 rings (SSSR count). The second-order valence-electron chi connectivity index (χ2n) is 10.8. The summed E-state index contributed by atoms with van der Waals surface area (Å²) in [5.74, 6) is 0.413. The van der Waals surface area contributed by atoms with Gasteiger partial charge in [0.05, 0.1) is 17.4 Å². The molecule has 4 aromatic rings. The van der Waals surface area contributed by atoms with Crippen molar-refractivity contribution in [2.75, 3.05) is 19.6 Å². The molecule has 1 saturated carbocycles. The summed E-state index contributed by atoms with van der Waals surface area (Å²) in [6, 6.07) is 21.0. The number of fused-ring (bicyclic) bond motifs is 2. The van der Waals surface area contributed by atoms with Crippen molar-refractivity contribution < 1.29 is 12.8 Å². The van der Waals surface area contributed by atoms with E-state index in [1.165, 1.54) is 23.3 Å². The highest BCUT2D eigenvalue weighted by molar-refractivity contribution is 7.87. The summed E-state index contributed by atoms with van der Waals surface area (Å²) in [4.78, 5) is 0. The Hall–Kier alpha value is -3.07. The number of piperidine rings is 1. The number of halogens is 1. The maximum absolute atomic E-state index is 13.5. The lowest BCUT2D eigenvalue weighted by Crippen LogP contribution is -2.43. The summed E-state index contributed by atoms with van der Waals surface area (Å²) in [6.45, 7) is 7.47. The molecular formula is C29H31FN4O2S. The Kier molecular flexibility index (Phi) is 5.74. The van der Waals surface area contributed by atoms with Gasteiger partial charge >= 0.3 is 0 Å². The number of aromatic nitrogens is 2. The van der Waals surface area contributed by atoms with Crippen molar-refractivity contribution in [3.05, 3.63) is 95.4 Å². The van der Waals surface area contributed by atoms with Crippen molar-refractivity contribution in [2.24, 2.45) is 11.8 Å². The highest BCUT2D eigenvalue weighted by Gasteiger charge is 2.71. The molecule has 3 aromatic carbocycles. The number of benzene rings is 3. The normalized spacial score (nSPS) is 23.6. The molecule has 2 aliphatic rings. The summed E-state index contributed by atoms with van der Waals surface area (Å²) >= 11 is 0. The summed E-state index contributed by atoms with van der Waals surface area (Å²) in [6.07, 6.45) is 1.83. The molecule has 37 heavy (non-hydrogen) atoms. The fourth-order valence-corrected chi connectivity index (χ4v) is 7.70. The molecule has 192 valence electrons. The largest absolute Gasteiger partial charge is 0.279 e. The lowest BCUT2D eigenvalue weighted by molar-refractivity contribution is 0.410. The van der Waals surface area contributed by atoms with Crippen molar-refractivity contribution in [3.63, 3.8) is 0 Å².